The van der Waals surface area contributed by atoms with Gasteiger partial charge in [-0.2, -0.15) is 0 Å². The molecule has 0 bridgehead atoms. The smallest absolute Gasteiger partial charge is 0.251 e. The van der Waals surface area contributed by atoms with Crippen LogP contribution in [0.1, 0.15) is 15.9 Å². The van der Waals surface area contributed by atoms with Crippen molar-refractivity contribution in [2.75, 3.05) is 0 Å². The van der Waals surface area contributed by atoms with Gasteiger partial charge in [0.15, 0.2) is 0 Å². The van der Waals surface area contributed by atoms with E-state index in [-0.39, 0.29) is 22.2 Å². The molecular weight excluding hydrogens is 386 g/mol. The Morgan fingerprint density at radius 2 is 1.62 bits per heavy atom. The Labute approximate surface area is 168 Å². The van der Waals surface area contributed by atoms with Crippen molar-refractivity contribution in [3.05, 3.63) is 96.4 Å². The number of amides is 1. The zero-order valence-electron chi connectivity index (χ0n) is 15.3. The van der Waals surface area contributed by atoms with Gasteiger partial charge in [0, 0.05) is 23.7 Å². The molecule has 1 aromatic heterocycles. The molecule has 3 aromatic carbocycles. The minimum Gasteiger partial charge on any atom is -0.348 e. The van der Waals surface area contributed by atoms with Crippen molar-refractivity contribution in [3.8, 4) is 0 Å². The van der Waals surface area contributed by atoms with E-state index in [1.165, 1.54) is 6.33 Å². The van der Waals surface area contributed by atoms with Gasteiger partial charge in [0.1, 0.15) is 6.33 Å². The SMILES string of the molecule is O=C(NCc1ccc(S(=O)(=O)c2ccccc2)cc1)c1ccc2ncncc2c1. The van der Waals surface area contributed by atoms with Crippen molar-refractivity contribution < 1.29 is 13.2 Å². The number of nitrogens with one attached hydrogen (secondary N) is 1. The van der Waals surface area contributed by atoms with Crippen LogP contribution in [0.3, 0.4) is 0 Å². The van der Waals surface area contributed by atoms with E-state index in [1.54, 1.807) is 79.0 Å². The van der Waals surface area contributed by atoms with Crippen LogP contribution in [0.15, 0.2) is 95.1 Å². The maximum Gasteiger partial charge on any atom is 0.251 e. The third-order valence-corrected chi connectivity index (χ3v) is 6.29. The molecule has 0 radical (unpaired) electrons. The molecule has 29 heavy (non-hydrogen) atoms. The number of fused-ring (bicyclic) bond motifs is 1. The lowest BCUT2D eigenvalue weighted by Gasteiger charge is -2.08. The molecule has 4 rings (SSSR count). The van der Waals surface area contributed by atoms with Crippen LogP contribution in [0.5, 0.6) is 0 Å². The minimum atomic E-state index is -3.55. The second kappa shape index (κ2) is 7.81. The van der Waals surface area contributed by atoms with Crippen molar-refractivity contribution in [2.45, 2.75) is 16.3 Å². The topological polar surface area (TPSA) is 89.0 Å². The van der Waals surface area contributed by atoms with Crippen LogP contribution >= 0.6 is 0 Å². The molecule has 1 amide bonds. The van der Waals surface area contributed by atoms with Crippen molar-refractivity contribution in [2.24, 2.45) is 0 Å². The number of nitrogens with zero attached hydrogens (tertiary/aromatic N) is 2. The first-order valence-corrected chi connectivity index (χ1v) is 10.4. The van der Waals surface area contributed by atoms with Gasteiger partial charge in [-0.05, 0) is 48.0 Å². The highest BCUT2D eigenvalue weighted by atomic mass is 32.2. The lowest BCUT2D eigenvalue weighted by molar-refractivity contribution is 0.0951. The standard InChI is InChI=1S/C22H17N3O3S/c26-22(17-8-11-21-18(12-17)14-23-15-25-21)24-13-16-6-9-20(10-7-16)29(27,28)19-4-2-1-3-5-19/h1-12,14-15H,13H2,(H,24,26). The number of hydrogen-bond donors (Lipinski definition) is 1. The Morgan fingerprint density at radius 3 is 2.38 bits per heavy atom. The molecule has 4 aromatic rings. The van der Waals surface area contributed by atoms with Gasteiger partial charge in [-0.3, -0.25) is 4.79 Å². The Bertz CT molecular complexity index is 1270. The summed E-state index contributed by atoms with van der Waals surface area (Å²) in [5, 5.41) is 3.63. The van der Waals surface area contributed by atoms with E-state index >= 15 is 0 Å². The third-order valence-electron chi connectivity index (χ3n) is 4.51. The van der Waals surface area contributed by atoms with Crippen LogP contribution in [0.4, 0.5) is 0 Å². The minimum absolute atomic E-state index is 0.216. The van der Waals surface area contributed by atoms with Gasteiger partial charge < -0.3 is 5.32 Å². The fraction of sp³-hybridized carbons (Fsp3) is 0.0455. The summed E-state index contributed by atoms with van der Waals surface area (Å²) in [5.41, 5.74) is 2.08. The second-order valence-corrected chi connectivity index (χ2v) is 8.39. The highest BCUT2D eigenvalue weighted by Gasteiger charge is 2.16. The summed E-state index contributed by atoms with van der Waals surface area (Å²) in [5.74, 6) is -0.225. The first-order valence-electron chi connectivity index (χ1n) is 8.91. The van der Waals surface area contributed by atoms with Gasteiger partial charge in [-0.25, -0.2) is 18.4 Å². The average Bonchev–Trinajstić information content (AvgIpc) is 2.78. The molecule has 1 heterocycles. The van der Waals surface area contributed by atoms with E-state index in [9.17, 15) is 13.2 Å². The highest BCUT2D eigenvalue weighted by molar-refractivity contribution is 7.91. The van der Waals surface area contributed by atoms with E-state index in [0.717, 1.165) is 16.5 Å². The Balaban J connectivity index is 1.45. The van der Waals surface area contributed by atoms with Gasteiger partial charge in [0.05, 0.1) is 15.3 Å². The zero-order chi connectivity index (χ0) is 20.3. The number of benzene rings is 3. The fourth-order valence-electron chi connectivity index (χ4n) is 2.93. The summed E-state index contributed by atoms with van der Waals surface area (Å²) in [6, 6.07) is 20.0. The lowest BCUT2D eigenvalue weighted by Crippen LogP contribution is -2.22. The van der Waals surface area contributed by atoms with Crippen molar-refractivity contribution in [1.82, 2.24) is 15.3 Å². The van der Waals surface area contributed by atoms with Crippen LogP contribution in [0.2, 0.25) is 0 Å². The van der Waals surface area contributed by atoms with Crippen molar-refractivity contribution in [1.29, 1.82) is 0 Å². The van der Waals surface area contributed by atoms with Crippen LogP contribution in [0, 0.1) is 0 Å². The summed E-state index contributed by atoms with van der Waals surface area (Å²) >= 11 is 0. The Kier molecular flexibility index (Phi) is 5.05. The fourth-order valence-corrected chi connectivity index (χ4v) is 4.21. The predicted octanol–water partition coefficient (Wildman–Crippen LogP) is 3.39. The monoisotopic (exact) mass is 403 g/mol. The molecule has 6 nitrogen and oxygen atoms in total. The Morgan fingerprint density at radius 1 is 0.897 bits per heavy atom. The molecular formula is C22H17N3O3S. The Hall–Kier alpha value is -3.58. The first-order chi connectivity index (χ1) is 14.0. The van der Waals surface area contributed by atoms with Gasteiger partial charge in [-0.1, -0.05) is 30.3 Å². The maximum atomic E-state index is 12.6. The summed E-state index contributed by atoms with van der Waals surface area (Å²) in [7, 11) is -3.55. The molecule has 0 atom stereocenters. The molecule has 0 saturated heterocycles. The number of hydrogen-bond acceptors (Lipinski definition) is 5. The lowest BCUT2D eigenvalue weighted by atomic mass is 10.1. The van der Waals surface area contributed by atoms with E-state index in [1.807, 2.05) is 0 Å². The quantitative estimate of drug-likeness (QED) is 0.552. The maximum absolute atomic E-state index is 12.6. The molecule has 0 spiro atoms. The summed E-state index contributed by atoms with van der Waals surface area (Å²) in [4.78, 5) is 21.0. The highest BCUT2D eigenvalue weighted by Crippen LogP contribution is 2.21. The third kappa shape index (κ3) is 4.00. The van der Waals surface area contributed by atoms with E-state index in [2.05, 4.69) is 15.3 Å². The van der Waals surface area contributed by atoms with Crippen LogP contribution in [-0.2, 0) is 16.4 Å². The number of carbonyl (C=O) groups excluding carboxylic acids is 1. The summed E-state index contributed by atoms with van der Waals surface area (Å²) in [6.07, 6.45) is 3.12. The van der Waals surface area contributed by atoms with Crippen LogP contribution in [0.25, 0.3) is 10.9 Å². The predicted molar refractivity (Wildman–Crippen MR) is 109 cm³/mol. The largest absolute Gasteiger partial charge is 0.348 e. The molecule has 0 saturated carbocycles. The molecule has 0 fully saturated rings. The first kappa shape index (κ1) is 18.8. The van der Waals surface area contributed by atoms with Crippen molar-refractivity contribution >= 4 is 26.6 Å². The molecule has 0 unspecified atom stereocenters. The molecule has 0 aliphatic carbocycles. The van der Waals surface area contributed by atoms with E-state index < -0.39 is 9.84 Å². The normalized spacial score (nSPS) is 11.3. The summed E-state index contributed by atoms with van der Waals surface area (Å²) < 4.78 is 25.2. The van der Waals surface area contributed by atoms with Crippen molar-refractivity contribution in [3.63, 3.8) is 0 Å². The number of carbonyl (C=O) groups is 1. The van der Waals surface area contributed by atoms with Gasteiger partial charge >= 0.3 is 0 Å². The van der Waals surface area contributed by atoms with Crippen LogP contribution < -0.4 is 5.32 Å². The van der Waals surface area contributed by atoms with Crippen LogP contribution in [-0.4, -0.2) is 24.3 Å². The molecule has 7 heteroatoms. The number of aromatic nitrogens is 2. The van der Waals surface area contributed by atoms with Gasteiger partial charge in [0.2, 0.25) is 9.84 Å². The average molecular weight is 403 g/mol. The summed E-state index contributed by atoms with van der Waals surface area (Å²) in [6.45, 7) is 0.286. The van der Waals surface area contributed by atoms with E-state index in [4.69, 9.17) is 0 Å². The number of rotatable bonds is 5. The zero-order valence-corrected chi connectivity index (χ0v) is 16.1. The van der Waals surface area contributed by atoms with E-state index in [0.29, 0.717) is 5.56 Å². The molecule has 0 aliphatic rings. The molecule has 1 N–H and O–H groups in total. The van der Waals surface area contributed by atoms with Gasteiger partial charge in [-0.15, -0.1) is 0 Å². The molecule has 144 valence electrons. The molecule has 0 aliphatic heterocycles. The number of sulfone groups is 1. The van der Waals surface area contributed by atoms with Gasteiger partial charge in [0.25, 0.3) is 5.91 Å². The second-order valence-electron chi connectivity index (χ2n) is 6.44.